The van der Waals surface area contributed by atoms with Gasteiger partial charge in [0.1, 0.15) is 0 Å². The second kappa shape index (κ2) is 6.21. The average molecular weight is 271 g/mol. The first-order valence-electron chi connectivity index (χ1n) is 6.65. The molecular formula is C12H21N3O4. The number of carbonyl (C=O) groups excluding carboxylic acids is 1. The van der Waals surface area contributed by atoms with Gasteiger partial charge in [0.25, 0.3) is 0 Å². The van der Waals surface area contributed by atoms with Crippen LogP contribution in [-0.2, 0) is 9.53 Å². The highest BCUT2D eigenvalue weighted by Crippen LogP contribution is 2.24. The Hall–Kier alpha value is -1.34. The molecule has 1 saturated carbocycles. The van der Waals surface area contributed by atoms with E-state index < -0.39 is 12.1 Å². The van der Waals surface area contributed by atoms with Crippen molar-refractivity contribution in [1.29, 1.82) is 0 Å². The summed E-state index contributed by atoms with van der Waals surface area (Å²) in [6, 6.07) is 0.468. The van der Waals surface area contributed by atoms with Crippen LogP contribution in [0, 0.1) is 0 Å². The van der Waals surface area contributed by atoms with Crippen molar-refractivity contribution in [2.24, 2.45) is 0 Å². The van der Waals surface area contributed by atoms with Gasteiger partial charge >= 0.3 is 12.0 Å². The van der Waals surface area contributed by atoms with Crippen LogP contribution in [-0.4, -0.2) is 78.9 Å². The van der Waals surface area contributed by atoms with E-state index in [9.17, 15) is 9.59 Å². The second-order valence-electron chi connectivity index (χ2n) is 5.09. The van der Waals surface area contributed by atoms with E-state index in [-0.39, 0.29) is 19.2 Å². The highest BCUT2D eigenvalue weighted by atomic mass is 16.5. The van der Waals surface area contributed by atoms with E-state index in [1.54, 1.807) is 0 Å². The van der Waals surface area contributed by atoms with Gasteiger partial charge in [-0.2, -0.15) is 0 Å². The van der Waals surface area contributed by atoms with Crippen molar-refractivity contribution >= 4 is 12.0 Å². The van der Waals surface area contributed by atoms with Crippen LogP contribution in [0.2, 0.25) is 0 Å². The summed E-state index contributed by atoms with van der Waals surface area (Å²) in [6.45, 7) is 2.23. The van der Waals surface area contributed by atoms with Crippen LogP contribution < -0.4 is 5.32 Å². The summed E-state index contributed by atoms with van der Waals surface area (Å²) in [5.41, 5.74) is 0. The van der Waals surface area contributed by atoms with Crippen molar-refractivity contribution in [1.82, 2.24) is 15.1 Å². The van der Waals surface area contributed by atoms with Crippen molar-refractivity contribution in [3.8, 4) is 0 Å². The molecule has 0 aromatic carbocycles. The maximum absolute atomic E-state index is 11.9. The van der Waals surface area contributed by atoms with Gasteiger partial charge in [-0.15, -0.1) is 0 Å². The number of nitrogens with zero attached hydrogens (tertiary/aromatic N) is 2. The fourth-order valence-corrected chi connectivity index (χ4v) is 2.13. The minimum absolute atomic E-state index is 0.111. The quantitative estimate of drug-likeness (QED) is 0.709. The molecule has 0 aromatic rings. The zero-order valence-electron chi connectivity index (χ0n) is 11.2. The topological polar surface area (TPSA) is 82.1 Å². The maximum atomic E-state index is 11.9. The van der Waals surface area contributed by atoms with Crippen LogP contribution in [0.15, 0.2) is 0 Å². The zero-order valence-corrected chi connectivity index (χ0v) is 11.2. The number of aliphatic carboxylic acids is 1. The molecule has 2 amide bonds. The summed E-state index contributed by atoms with van der Waals surface area (Å²) in [5.74, 6) is -1.02. The number of carboxylic acids is 1. The number of ether oxygens (including phenoxy) is 1. The summed E-state index contributed by atoms with van der Waals surface area (Å²) in [4.78, 5) is 26.4. The first kappa shape index (κ1) is 14.1. The Morgan fingerprint density at radius 2 is 2.21 bits per heavy atom. The lowest BCUT2D eigenvalue weighted by Crippen LogP contribution is -2.52. The molecular weight excluding hydrogens is 250 g/mol. The number of rotatable bonds is 5. The molecule has 1 aliphatic heterocycles. The minimum Gasteiger partial charge on any atom is -0.479 e. The number of urea groups is 1. The molecule has 2 aliphatic rings. The number of carboxylic acid groups (broad SMARTS) is 1. The molecule has 0 radical (unpaired) electrons. The van der Waals surface area contributed by atoms with Crippen LogP contribution in [0.5, 0.6) is 0 Å². The maximum Gasteiger partial charge on any atom is 0.334 e. The van der Waals surface area contributed by atoms with Gasteiger partial charge in [0.2, 0.25) is 0 Å². The first-order valence-corrected chi connectivity index (χ1v) is 6.65. The Kier molecular flexibility index (Phi) is 4.60. The Morgan fingerprint density at radius 3 is 2.84 bits per heavy atom. The van der Waals surface area contributed by atoms with Crippen molar-refractivity contribution in [3.05, 3.63) is 0 Å². The molecule has 2 rings (SSSR count). The van der Waals surface area contributed by atoms with Crippen LogP contribution in [0.25, 0.3) is 0 Å². The normalized spacial score (nSPS) is 23.5. The third-order valence-corrected chi connectivity index (χ3v) is 3.54. The lowest BCUT2D eigenvalue weighted by atomic mass is 10.3. The monoisotopic (exact) mass is 271 g/mol. The van der Waals surface area contributed by atoms with Gasteiger partial charge in [-0.3, -0.25) is 0 Å². The first-order chi connectivity index (χ1) is 9.08. The van der Waals surface area contributed by atoms with E-state index in [1.807, 2.05) is 0 Å². The van der Waals surface area contributed by atoms with Gasteiger partial charge < -0.3 is 25.0 Å². The van der Waals surface area contributed by atoms with Crippen LogP contribution in [0.3, 0.4) is 0 Å². The van der Waals surface area contributed by atoms with Crippen molar-refractivity contribution in [3.63, 3.8) is 0 Å². The van der Waals surface area contributed by atoms with Crippen molar-refractivity contribution < 1.29 is 19.4 Å². The lowest BCUT2D eigenvalue weighted by molar-refractivity contribution is -0.154. The minimum atomic E-state index is -1.02. The Morgan fingerprint density at radius 1 is 1.47 bits per heavy atom. The van der Waals surface area contributed by atoms with Gasteiger partial charge in [0.15, 0.2) is 6.10 Å². The lowest BCUT2D eigenvalue weighted by Gasteiger charge is -2.31. The summed E-state index contributed by atoms with van der Waals surface area (Å²) in [6.07, 6.45) is 1.58. The van der Waals surface area contributed by atoms with Gasteiger partial charge in [-0.05, 0) is 19.9 Å². The summed E-state index contributed by atoms with van der Waals surface area (Å²) >= 11 is 0. The molecule has 1 unspecified atom stereocenters. The highest BCUT2D eigenvalue weighted by Gasteiger charge is 2.29. The molecule has 2 fully saturated rings. The predicted molar refractivity (Wildman–Crippen MR) is 68.0 cm³/mol. The Balaban J connectivity index is 1.68. The van der Waals surface area contributed by atoms with Crippen LogP contribution >= 0.6 is 0 Å². The van der Waals surface area contributed by atoms with Crippen molar-refractivity contribution in [2.75, 3.05) is 39.8 Å². The third kappa shape index (κ3) is 4.07. The molecule has 19 heavy (non-hydrogen) atoms. The Bertz CT molecular complexity index is 346. The Labute approximate surface area is 112 Å². The molecule has 1 saturated heterocycles. The number of likely N-dealkylation sites (N-methyl/N-ethyl adjacent to an activating group) is 1. The third-order valence-electron chi connectivity index (χ3n) is 3.54. The summed E-state index contributed by atoms with van der Waals surface area (Å²) < 4.78 is 5.07. The second-order valence-corrected chi connectivity index (χ2v) is 5.09. The SMILES string of the molecule is CN(CCNC(=O)N1CCOC(C(=O)O)C1)C1CC1. The summed E-state index contributed by atoms with van der Waals surface area (Å²) in [5, 5.41) is 11.7. The number of hydrogen-bond donors (Lipinski definition) is 2. The zero-order chi connectivity index (χ0) is 13.8. The molecule has 0 bridgehead atoms. The number of nitrogens with one attached hydrogen (secondary N) is 1. The molecule has 1 atom stereocenters. The van der Waals surface area contributed by atoms with E-state index >= 15 is 0 Å². The highest BCUT2D eigenvalue weighted by molar-refractivity contribution is 5.77. The van der Waals surface area contributed by atoms with Gasteiger partial charge in [0, 0.05) is 25.7 Å². The summed E-state index contributed by atoms with van der Waals surface area (Å²) in [7, 11) is 2.05. The largest absolute Gasteiger partial charge is 0.479 e. The van der Waals surface area contributed by atoms with Crippen LogP contribution in [0.4, 0.5) is 4.79 Å². The molecule has 7 heteroatoms. The molecule has 0 aromatic heterocycles. The number of hydrogen-bond acceptors (Lipinski definition) is 4. The van der Waals surface area contributed by atoms with E-state index in [4.69, 9.17) is 9.84 Å². The van der Waals surface area contributed by atoms with Crippen molar-refractivity contribution in [2.45, 2.75) is 25.0 Å². The van der Waals surface area contributed by atoms with E-state index in [0.717, 1.165) is 6.54 Å². The fourth-order valence-electron chi connectivity index (χ4n) is 2.13. The number of morpholine rings is 1. The standard InChI is InChI=1S/C12H21N3O4/c1-14(9-2-3-9)5-4-13-12(18)15-6-7-19-10(8-15)11(16)17/h9-10H,2-8H2,1H3,(H,13,18)(H,16,17). The van der Waals surface area contributed by atoms with Crippen LogP contribution in [0.1, 0.15) is 12.8 Å². The predicted octanol–water partition coefficient (Wildman–Crippen LogP) is -0.424. The van der Waals surface area contributed by atoms with Gasteiger partial charge in [-0.25, -0.2) is 9.59 Å². The molecule has 1 heterocycles. The smallest absolute Gasteiger partial charge is 0.334 e. The molecule has 2 N–H and O–H groups in total. The fraction of sp³-hybridized carbons (Fsp3) is 0.833. The van der Waals surface area contributed by atoms with Gasteiger partial charge in [0.05, 0.1) is 13.2 Å². The number of carbonyl (C=O) groups is 2. The molecule has 1 aliphatic carbocycles. The number of amides is 2. The molecule has 0 spiro atoms. The molecule has 108 valence electrons. The van der Waals surface area contributed by atoms with E-state index in [1.165, 1.54) is 17.7 Å². The molecule has 7 nitrogen and oxygen atoms in total. The van der Waals surface area contributed by atoms with E-state index in [2.05, 4.69) is 17.3 Å². The van der Waals surface area contributed by atoms with Gasteiger partial charge in [-0.1, -0.05) is 0 Å². The van der Waals surface area contributed by atoms with E-state index in [0.29, 0.717) is 19.1 Å². The average Bonchev–Trinajstić information content (AvgIpc) is 3.23.